The lowest BCUT2D eigenvalue weighted by Gasteiger charge is -2.34. The van der Waals surface area contributed by atoms with E-state index in [1.165, 1.54) is 0 Å². The first kappa shape index (κ1) is 25.4. The zero-order chi connectivity index (χ0) is 21.3. The second-order valence-electron chi connectivity index (χ2n) is 7.89. The molecule has 1 N–H and O–H groups in total. The van der Waals surface area contributed by atoms with Gasteiger partial charge in [0.1, 0.15) is 0 Å². The summed E-state index contributed by atoms with van der Waals surface area (Å²) in [5, 5.41) is 3.37. The number of benzene rings is 1. The summed E-state index contributed by atoms with van der Waals surface area (Å²) in [6.45, 7) is 8.62. The molecule has 31 heavy (non-hydrogen) atoms. The number of hydrogen-bond acceptors (Lipinski definition) is 4. The van der Waals surface area contributed by atoms with Crippen molar-refractivity contribution in [2.75, 3.05) is 32.8 Å². The lowest BCUT2D eigenvalue weighted by Crippen LogP contribution is -2.48. The van der Waals surface area contributed by atoms with Crippen LogP contribution < -0.4 is 5.32 Å². The van der Waals surface area contributed by atoms with E-state index >= 15 is 0 Å². The van der Waals surface area contributed by atoms with Gasteiger partial charge in [-0.05, 0) is 44.2 Å². The summed E-state index contributed by atoms with van der Waals surface area (Å²) in [5.74, 6) is 0.855. The summed E-state index contributed by atoms with van der Waals surface area (Å²) < 4.78 is 5.23. The molecule has 0 bridgehead atoms. The largest absolute Gasteiger partial charge is 0.466 e. The number of carbonyl (C=O) groups excluding carboxylic acids is 2. The maximum Gasteiger partial charge on any atom is 0.310 e. The van der Waals surface area contributed by atoms with Crippen molar-refractivity contribution in [2.45, 2.75) is 52.6 Å². The van der Waals surface area contributed by atoms with Crippen molar-refractivity contribution < 1.29 is 14.3 Å². The number of aliphatic imine (C=N–C) groups is 1. The molecule has 2 saturated heterocycles. The zero-order valence-electron chi connectivity index (χ0n) is 18.6. The molecule has 3 rings (SSSR count). The van der Waals surface area contributed by atoms with Gasteiger partial charge in [-0.25, -0.2) is 4.99 Å². The van der Waals surface area contributed by atoms with Crippen LogP contribution in [-0.4, -0.2) is 60.4 Å². The molecule has 1 aromatic rings. The Balaban J connectivity index is 0.00000341. The molecule has 0 saturated carbocycles. The predicted octanol–water partition coefficient (Wildman–Crippen LogP) is 3.17. The molecule has 7 nitrogen and oxygen atoms in total. The van der Waals surface area contributed by atoms with Gasteiger partial charge in [0.2, 0.25) is 5.91 Å². The third-order valence-electron chi connectivity index (χ3n) is 5.73. The SMILES string of the molecule is CCNC(=NCc1ccccc1CN1CCCC1=O)N1CCCC(C(=O)OCC)C1.I. The van der Waals surface area contributed by atoms with Gasteiger partial charge in [-0.2, -0.15) is 0 Å². The smallest absolute Gasteiger partial charge is 0.310 e. The average Bonchev–Trinajstić information content (AvgIpc) is 3.16. The number of piperidine rings is 1. The van der Waals surface area contributed by atoms with Crippen LogP contribution >= 0.6 is 24.0 Å². The molecule has 0 radical (unpaired) electrons. The Morgan fingerprint density at radius 1 is 1.19 bits per heavy atom. The molecule has 2 fully saturated rings. The highest BCUT2D eigenvalue weighted by Crippen LogP contribution is 2.20. The van der Waals surface area contributed by atoms with Crippen LogP contribution in [0, 0.1) is 5.92 Å². The van der Waals surface area contributed by atoms with Gasteiger partial charge >= 0.3 is 5.97 Å². The monoisotopic (exact) mass is 542 g/mol. The Hall–Kier alpha value is -1.84. The van der Waals surface area contributed by atoms with E-state index in [1.54, 1.807) is 0 Å². The molecule has 1 atom stereocenters. The molecular weight excluding hydrogens is 507 g/mol. The van der Waals surface area contributed by atoms with Gasteiger partial charge in [0.15, 0.2) is 5.96 Å². The number of amides is 1. The average molecular weight is 542 g/mol. The molecule has 0 aromatic heterocycles. The fourth-order valence-corrected chi connectivity index (χ4v) is 4.15. The summed E-state index contributed by atoms with van der Waals surface area (Å²) in [5.41, 5.74) is 2.28. The van der Waals surface area contributed by atoms with Gasteiger partial charge in [-0.15, -0.1) is 24.0 Å². The van der Waals surface area contributed by atoms with Gasteiger partial charge in [0, 0.05) is 39.1 Å². The van der Waals surface area contributed by atoms with Crippen molar-refractivity contribution in [2.24, 2.45) is 10.9 Å². The van der Waals surface area contributed by atoms with E-state index in [9.17, 15) is 9.59 Å². The number of rotatable bonds is 7. The van der Waals surface area contributed by atoms with Crippen LogP contribution in [0.3, 0.4) is 0 Å². The Labute approximate surface area is 202 Å². The summed E-state index contributed by atoms with van der Waals surface area (Å²) in [7, 11) is 0. The third kappa shape index (κ3) is 7.08. The Bertz CT molecular complexity index is 771. The highest BCUT2D eigenvalue weighted by Gasteiger charge is 2.28. The number of nitrogens with zero attached hydrogens (tertiary/aromatic N) is 3. The standard InChI is InChI=1S/C23H34N4O3.HI/c1-3-24-23(27-14-7-11-20(17-27)22(29)30-4-2)25-15-18-9-5-6-10-19(18)16-26-13-8-12-21(26)28;/h5-6,9-10,20H,3-4,7-8,11-17H2,1-2H3,(H,24,25);1H. The quantitative estimate of drug-likeness (QED) is 0.248. The topological polar surface area (TPSA) is 74.2 Å². The second kappa shape index (κ2) is 12.9. The number of carbonyl (C=O) groups is 2. The van der Waals surface area contributed by atoms with Crippen LogP contribution in [0.25, 0.3) is 0 Å². The van der Waals surface area contributed by atoms with Crippen LogP contribution in [-0.2, 0) is 27.4 Å². The number of ether oxygens (including phenoxy) is 1. The van der Waals surface area contributed by atoms with E-state index in [4.69, 9.17) is 9.73 Å². The third-order valence-corrected chi connectivity index (χ3v) is 5.73. The predicted molar refractivity (Wildman–Crippen MR) is 132 cm³/mol. The van der Waals surface area contributed by atoms with E-state index in [0.29, 0.717) is 32.7 Å². The number of hydrogen-bond donors (Lipinski definition) is 1. The minimum absolute atomic E-state index is 0. The molecule has 1 aromatic carbocycles. The van der Waals surface area contributed by atoms with E-state index in [-0.39, 0.29) is 41.8 Å². The van der Waals surface area contributed by atoms with Crippen molar-refractivity contribution in [1.82, 2.24) is 15.1 Å². The molecule has 8 heteroatoms. The van der Waals surface area contributed by atoms with Crippen LogP contribution in [0.5, 0.6) is 0 Å². The van der Waals surface area contributed by atoms with Gasteiger partial charge < -0.3 is 19.9 Å². The molecule has 2 aliphatic heterocycles. The number of esters is 1. The maximum absolute atomic E-state index is 12.2. The van der Waals surface area contributed by atoms with Crippen LogP contribution in [0.2, 0.25) is 0 Å². The normalized spacial score (nSPS) is 19.2. The molecule has 172 valence electrons. The number of likely N-dealkylation sites (tertiary alicyclic amines) is 2. The van der Waals surface area contributed by atoms with Gasteiger partial charge in [-0.3, -0.25) is 9.59 Å². The maximum atomic E-state index is 12.2. The molecule has 2 heterocycles. The fourth-order valence-electron chi connectivity index (χ4n) is 4.15. The van der Waals surface area contributed by atoms with Gasteiger partial charge in [0.25, 0.3) is 0 Å². The van der Waals surface area contributed by atoms with Crippen molar-refractivity contribution in [3.05, 3.63) is 35.4 Å². The van der Waals surface area contributed by atoms with Gasteiger partial charge in [-0.1, -0.05) is 24.3 Å². The Kier molecular flexibility index (Phi) is 10.6. The molecule has 0 aliphatic carbocycles. The van der Waals surface area contributed by atoms with E-state index in [2.05, 4.69) is 29.3 Å². The number of guanidine groups is 1. The Morgan fingerprint density at radius 2 is 1.97 bits per heavy atom. The zero-order valence-corrected chi connectivity index (χ0v) is 21.0. The van der Waals surface area contributed by atoms with E-state index in [1.807, 2.05) is 24.0 Å². The fraction of sp³-hybridized carbons (Fsp3) is 0.609. The van der Waals surface area contributed by atoms with Gasteiger partial charge in [0.05, 0.1) is 19.1 Å². The van der Waals surface area contributed by atoms with E-state index < -0.39 is 0 Å². The van der Waals surface area contributed by atoms with Crippen LogP contribution in [0.15, 0.2) is 29.3 Å². The second-order valence-corrected chi connectivity index (χ2v) is 7.89. The molecule has 2 aliphatic rings. The lowest BCUT2D eigenvalue weighted by molar-refractivity contribution is -0.149. The summed E-state index contributed by atoms with van der Waals surface area (Å²) in [6.07, 6.45) is 3.41. The first-order chi connectivity index (χ1) is 14.6. The minimum Gasteiger partial charge on any atom is -0.466 e. The van der Waals surface area contributed by atoms with Crippen molar-refractivity contribution in [1.29, 1.82) is 0 Å². The molecule has 0 spiro atoms. The molecule has 1 amide bonds. The summed E-state index contributed by atoms with van der Waals surface area (Å²) in [4.78, 5) is 33.2. The first-order valence-electron chi connectivity index (χ1n) is 11.2. The van der Waals surface area contributed by atoms with Crippen LogP contribution in [0.4, 0.5) is 0 Å². The molecular formula is C23H35IN4O3. The number of halogens is 1. The van der Waals surface area contributed by atoms with Crippen molar-refractivity contribution in [3.8, 4) is 0 Å². The summed E-state index contributed by atoms with van der Waals surface area (Å²) in [6, 6.07) is 8.20. The van der Waals surface area contributed by atoms with E-state index in [0.717, 1.165) is 56.0 Å². The first-order valence-corrected chi connectivity index (χ1v) is 11.2. The van der Waals surface area contributed by atoms with Crippen molar-refractivity contribution >= 4 is 41.8 Å². The highest BCUT2D eigenvalue weighted by atomic mass is 127. The van der Waals surface area contributed by atoms with Crippen molar-refractivity contribution in [3.63, 3.8) is 0 Å². The van der Waals surface area contributed by atoms with Crippen LogP contribution in [0.1, 0.15) is 50.7 Å². The Morgan fingerprint density at radius 3 is 2.65 bits per heavy atom. The number of nitrogens with one attached hydrogen (secondary N) is 1. The lowest BCUT2D eigenvalue weighted by atomic mass is 9.98. The minimum atomic E-state index is -0.112. The summed E-state index contributed by atoms with van der Waals surface area (Å²) >= 11 is 0. The molecule has 1 unspecified atom stereocenters. The highest BCUT2D eigenvalue weighted by molar-refractivity contribution is 14.0.